The molecule has 0 saturated heterocycles. The van der Waals surface area contributed by atoms with Crippen molar-refractivity contribution in [2.75, 3.05) is 5.88 Å². The summed E-state index contributed by atoms with van der Waals surface area (Å²) in [6, 6.07) is 3.52. The van der Waals surface area contributed by atoms with Gasteiger partial charge in [-0.25, -0.2) is 4.68 Å². The molecule has 2 aromatic rings. The Hall–Kier alpha value is -1.27. The zero-order valence-corrected chi connectivity index (χ0v) is 11.7. The predicted molar refractivity (Wildman–Crippen MR) is 70.4 cm³/mol. The Morgan fingerprint density at radius 2 is 2.00 bits per heavy atom. The highest BCUT2D eigenvalue weighted by Crippen LogP contribution is 2.35. The van der Waals surface area contributed by atoms with Crippen molar-refractivity contribution in [2.24, 2.45) is 0 Å². The van der Waals surface area contributed by atoms with E-state index >= 15 is 0 Å². The molecule has 8 heteroatoms. The van der Waals surface area contributed by atoms with Gasteiger partial charge in [0.05, 0.1) is 23.1 Å². The summed E-state index contributed by atoms with van der Waals surface area (Å²) < 4.78 is 40.1. The molecule has 0 fully saturated rings. The van der Waals surface area contributed by atoms with E-state index in [1.54, 1.807) is 0 Å². The molecule has 1 aromatic carbocycles. The molecule has 20 heavy (non-hydrogen) atoms. The Balaban J connectivity index is 2.39. The average Bonchev–Trinajstić information content (AvgIpc) is 2.84. The summed E-state index contributed by atoms with van der Waals surface area (Å²) in [5, 5.41) is 7.57. The molecule has 1 heterocycles. The molecule has 0 unspecified atom stereocenters. The van der Waals surface area contributed by atoms with Gasteiger partial charge in [0.2, 0.25) is 0 Å². The first-order valence-electron chi connectivity index (χ1n) is 5.76. The number of halogens is 5. The highest BCUT2D eigenvalue weighted by atomic mass is 35.5. The summed E-state index contributed by atoms with van der Waals surface area (Å²) in [5.74, 6) is 0.460. The number of alkyl halides is 4. The zero-order valence-electron chi connectivity index (χ0n) is 10.2. The molecule has 0 N–H and O–H groups in total. The van der Waals surface area contributed by atoms with Crippen molar-refractivity contribution in [1.82, 2.24) is 15.0 Å². The molecule has 0 amide bonds. The Morgan fingerprint density at radius 3 is 2.65 bits per heavy atom. The molecule has 0 spiro atoms. The fourth-order valence-corrected chi connectivity index (χ4v) is 2.02. The summed E-state index contributed by atoms with van der Waals surface area (Å²) in [5.41, 5.74) is -0.362. The van der Waals surface area contributed by atoms with E-state index in [1.165, 1.54) is 18.3 Å². The van der Waals surface area contributed by atoms with Crippen LogP contribution in [0.4, 0.5) is 13.2 Å². The first-order valence-corrected chi connectivity index (χ1v) is 6.67. The van der Waals surface area contributed by atoms with Gasteiger partial charge in [-0.3, -0.25) is 0 Å². The van der Waals surface area contributed by atoms with Crippen molar-refractivity contribution >= 4 is 23.2 Å². The maximum atomic E-state index is 13.0. The molecule has 3 nitrogen and oxygen atoms in total. The molecule has 0 bridgehead atoms. The number of aromatic nitrogens is 3. The zero-order chi connectivity index (χ0) is 14.8. The molecule has 0 saturated carbocycles. The van der Waals surface area contributed by atoms with E-state index < -0.39 is 11.7 Å². The Bertz CT molecular complexity index is 596. The molecule has 0 aliphatic rings. The van der Waals surface area contributed by atoms with E-state index in [9.17, 15) is 13.2 Å². The lowest BCUT2D eigenvalue weighted by molar-refractivity contribution is -0.137. The van der Waals surface area contributed by atoms with E-state index in [1.807, 2.05) is 0 Å². The van der Waals surface area contributed by atoms with Crippen LogP contribution in [-0.2, 0) is 12.6 Å². The van der Waals surface area contributed by atoms with E-state index in [0.717, 1.165) is 10.7 Å². The SMILES string of the molecule is FC(F)(F)c1cc(Cl)ccc1-n1cc(CCCCl)nn1. The van der Waals surface area contributed by atoms with Crippen LogP contribution in [0.15, 0.2) is 24.4 Å². The van der Waals surface area contributed by atoms with Crippen LogP contribution in [0.2, 0.25) is 5.02 Å². The summed E-state index contributed by atoms with van der Waals surface area (Å²) in [6.45, 7) is 0. The lowest BCUT2D eigenvalue weighted by Crippen LogP contribution is -2.11. The van der Waals surface area contributed by atoms with Gasteiger partial charge in [-0.2, -0.15) is 13.2 Å². The second-order valence-corrected chi connectivity index (χ2v) is 4.92. The lowest BCUT2D eigenvalue weighted by Gasteiger charge is -2.12. The minimum Gasteiger partial charge on any atom is -0.220 e. The van der Waals surface area contributed by atoms with Crippen molar-refractivity contribution < 1.29 is 13.2 Å². The molecule has 0 atom stereocenters. The number of rotatable bonds is 4. The van der Waals surface area contributed by atoms with Gasteiger partial charge in [0.25, 0.3) is 0 Å². The van der Waals surface area contributed by atoms with Gasteiger partial charge in [0.15, 0.2) is 0 Å². The number of benzene rings is 1. The third-order valence-electron chi connectivity index (χ3n) is 2.62. The molecule has 0 radical (unpaired) electrons. The quantitative estimate of drug-likeness (QED) is 0.793. The van der Waals surface area contributed by atoms with Gasteiger partial charge >= 0.3 is 6.18 Å². The summed E-state index contributed by atoms with van der Waals surface area (Å²) in [7, 11) is 0. The summed E-state index contributed by atoms with van der Waals surface area (Å²) >= 11 is 11.2. The lowest BCUT2D eigenvalue weighted by atomic mass is 10.1. The van der Waals surface area contributed by atoms with Gasteiger partial charge in [0, 0.05) is 10.9 Å². The highest BCUT2D eigenvalue weighted by molar-refractivity contribution is 6.30. The Kier molecular flexibility index (Phi) is 4.55. The predicted octanol–water partition coefficient (Wildman–Crippen LogP) is 4.11. The molecular formula is C12H10Cl2F3N3. The number of nitrogens with zero attached hydrogens (tertiary/aromatic N) is 3. The van der Waals surface area contributed by atoms with Crippen molar-refractivity contribution in [1.29, 1.82) is 0 Å². The average molecular weight is 324 g/mol. The highest BCUT2D eigenvalue weighted by Gasteiger charge is 2.34. The monoisotopic (exact) mass is 323 g/mol. The fraction of sp³-hybridized carbons (Fsp3) is 0.333. The standard InChI is InChI=1S/C12H10Cl2F3N3/c13-5-1-2-9-7-20(19-18-9)11-4-3-8(14)6-10(11)12(15,16)17/h3-4,6-7H,1-2,5H2. The molecule has 0 aliphatic carbocycles. The fourth-order valence-electron chi connectivity index (χ4n) is 1.71. The Morgan fingerprint density at radius 1 is 1.25 bits per heavy atom. The van der Waals surface area contributed by atoms with Crippen molar-refractivity contribution in [3.63, 3.8) is 0 Å². The van der Waals surface area contributed by atoms with Crippen molar-refractivity contribution in [2.45, 2.75) is 19.0 Å². The second-order valence-electron chi connectivity index (χ2n) is 4.11. The molecule has 108 valence electrons. The normalized spacial score (nSPS) is 11.8. The van der Waals surface area contributed by atoms with Gasteiger partial charge in [-0.15, -0.1) is 16.7 Å². The van der Waals surface area contributed by atoms with E-state index in [0.29, 0.717) is 24.4 Å². The van der Waals surface area contributed by atoms with Gasteiger partial charge in [-0.05, 0) is 31.0 Å². The number of hydrogen-bond donors (Lipinski definition) is 0. The van der Waals surface area contributed by atoms with Crippen LogP contribution in [-0.4, -0.2) is 20.9 Å². The molecule has 0 aliphatic heterocycles. The molecule has 2 rings (SSSR count). The van der Waals surface area contributed by atoms with Crippen LogP contribution in [0.1, 0.15) is 17.7 Å². The van der Waals surface area contributed by atoms with Crippen LogP contribution in [0.3, 0.4) is 0 Å². The summed E-state index contributed by atoms with van der Waals surface area (Å²) in [6.07, 6.45) is -1.79. The van der Waals surface area contributed by atoms with Gasteiger partial charge < -0.3 is 0 Å². The third-order valence-corrected chi connectivity index (χ3v) is 3.12. The van der Waals surface area contributed by atoms with Gasteiger partial charge in [-0.1, -0.05) is 16.8 Å². The van der Waals surface area contributed by atoms with E-state index in [4.69, 9.17) is 23.2 Å². The van der Waals surface area contributed by atoms with Crippen LogP contribution in [0.5, 0.6) is 0 Å². The summed E-state index contributed by atoms with van der Waals surface area (Å²) in [4.78, 5) is 0. The van der Waals surface area contributed by atoms with E-state index in [2.05, 4.69) is 10.3 Å². The van der Waals surface area contributed by atoms with Gasteiger partial charge in [0.1, 0.15) is 0 Å². The van der Waals surface area contributed by atoms with Crippen molar-refractivity contribution in [3.8, 4) is 5.69 Å². The number of aryl methyl sites for hydroxylation is 1. The third kappa shape index (κ3) is 3.43. The maximum Gasteiger partial charge on any atom is 0.418 e. The topological polar surface area (TPSA) is 30.7 Å². The largest absolute Gasteiger partial charge is 0.418 e. The van der Waals surface area contributed by atoms with Crippen molar-refractivity contribution in [3.05, 3.63) is 40.7 Å². The first-order chi connectivity index (χ1) is 9.41. The van der Waals surface area contributed by atoms with Crippen LogP contribution < -0.4 is 0 Å². The number of hydrogen-bond acceptors (Lipinski definition) is 2. The molecular weight excluding hydrogens is 314 g/mol. The minimum atomic E-state index is -4.51. The smallest absolute Gasteiger partial charge is 0.220 e. The second kappa shape index (κ2) is 6.01. The van der Waals surface area contributed by atoms with Crippen LogP contribution in [0.25, 0.3) is 5.69 Å². The molecule has 1 aromatic heterocycles. The maximum absolute atomic E-state index is 13.0. The Labute approximate surface area is 123 Å². The first kappa shape index (κ1) is 15.1. The minimum absolute atomic E-state index is 0.0172. The van der Waals surface area contributed by atoms with Crippen LogP contribution in [0, 0.1) is 0 Å². The van der Waals surface area contributed by atoms with Crippen LogP contribution >= 0.6 is 23.2 Å². The van der Waals surface area contributed by atoms with E-state index in [-0.39, 0.29) is 10.7 Å².